The quantitative estimate of drug-likeness (QED) is 0.116. The zero-order chi connectivity index (χ0) is 29.9. The summed E-state index contributed by atoms with van der Waals surface area (Å²) in [5.74, 6) is 1.43. The van der Waals surface area contributed by atoms with Gasteiger partial charge < -0.3 is 18.9 Å². The Morgan fingerprint density at radius 1 is 0.455 bits per heavy atom. The molecule has 0 saturated carbocycles. The molecule has 0 spiro atoms. The van der Waals surface area contributed by atoms with E-state index in [-0.39, 0.29) is 23.8 Å². The van der Waals surface area contributed by atoms with E-state index in [1.807, 2.05) is 97.1 Å². The molecule has 0 radical (unpaired) electrons. The number of hydrogen-bond donors (Lipinski definition) is 0. The van der Waals surface area contributed by atoms with Crippen LogP contribution in [-0.4, -0.2) is 50.2 Å². The van der Waals surface area contributed by atoms with E-state index in [0.717, 1.165) is 47.0 Å². The summed E-state index contributed by atoms with van der Waals surface area (Å²) in [6.07, 6.45) is 0.441. The molecule has 6 heteroatoms. The molecule has 2 atom stereocenters. The van der Waals surface area contributed by atoms with Crippen LogP contribution in [0, 0.1) is 0 Å². The van der Waals surface area contributed by atoms with Gasteiger partial charge >= 0.3 is 0 Å². The zero-order valence-corrected chi connectivity index (χ0v) is 24.0. The van der Waals surface area contributed by atoms with Crippen molar-refractivity contribution in [1.29, 1.82) is 0 Å². The normalized spacial score (nSPS) is 16.6. The fourth-order valence-electron chi connectivity index (χ4n) is 4.93. The molecule has 2 fully saturated rings. The summed E-state index contributed by atoms with van der Waals surface area (Å²) >= 11 is 0. The first-order valence-corrected chi connectivity index (χ1v) is 14.7. The van der Waals surface area contributed by atoms with Crippen LogP contribution in [0.3, 0.4) is 0 Å². The van der Waals surface area contributed by atoms with E-state index in [9.17, 15) is 9.59 Å². The van der Waals surface area contributed by atoms with Crippen LogP contribution in [0.5, 0.6) is 11.5 Å². The molecule has 5 aromatic carbocycles. The third-order valence-corrected chi connectivity index (χ3v) is 7.76. The van der Waals surface area contributed by atoms with Gasteiger partial charge in [0.15, 0.2) is 11.6 Å². The molecule has 5 aromatic rings. The number of rotatable bonds is 12. The van der Waals surface area contributed by atoms with Crippen molar-refractivity contribution in [1.82, 2.24) is 0 Å². The largest absolute Gasteiger partial charge is 0.491 e. The topological polar surface area (TPSA) is 77.7 Å². The summed E-state index contributed by atoms with van der Waals surface area (Å²) in [6.45, 7) is 2.68. The maximum absolute atomic E-state index is 13.2. The van der Waals surface area contributed by atoms with Crippen LogP contribution < -0.4 is 9.47 Å². The highest BCUT2D eigenvalue weighted by molar-refractivity contribution is 6.12. The van der Waals surface area contributed by atoms with Crippen molar-refractivity contribution in [2.45, 2.75) is 12.2 Å². The lowest BCUT2D eigenvalue weighted by molar-refractivity contribution is 0.102. The number of ether oxygens (including phenoxy) is 4. The zero-order valence-electron chi connectivity index (χ0n) is 24.0. The molecular weight excluding hydrogens is 552 g/mol. The van der Waals surface area contributed by atoms with Gasteiger partial charge in [-0.25, -0.2) is 0 Å². The lowest BCUT2D eigenvalue weighted by Gasteiger charge is -2.08. The highest BCUT2D eigenvalue weighted by Crippen LogP contribution is 2.26. The Morgan fingerprint density at radius 3 is 0.977 bits per heavy atom. The van der Waals surface area contributed by atoms with E-state index >= 15 is 0 Å². The Kier molecular flexibility index (Phi) is 7.76. The van der Waals surface area contributed by atoms with Crippen molar-refractivity contribution in [2.24, 2.45) is 0 Å². The van der Waals surface area contributed by atoms with Crippen molar-refractivity contribution in [3.05, 3.63) is 144 Å². The molecule has 7 rings (SSSR count). The van der Waals surface area contributed by atoms with Gasteiger partial charge in [0, 0.05) is 22.3 Å². The minimum Gasteiger partial charge on any atom is -0.491 e. The van der Waals surface area contributed by atoms with Crippen LogP contribution in [0.1, 0.15) is 31.8 Å². The Morgan fingerprint density at radius 2 is 0.705 bits per heavy atom. The standard InChI is InChI=1S/C38H30O6/c39-37(29-5-1-25(2-6-29)27-13-17-33(18-14-27)41-21-35-23-43-35)31-9-11-32(12-10-31)38(40)30-7-3-26(4-8-30)28-15-19-34(20-16-28)42-22-36-24-44-36/h1-20,35-36H,21-24H2. The molecular formula is C38H30O6. The molecule has 6 nitrogen and oxygen atoms in total. The summed E-state index contributed by atoms with van der Waals surface area (Å²) in [7, 11) is 0. The number of hydrogen-bond acceptors (Lipinski definition) is 6. The minimum atomic E-state index is -0.0942. The van der Waals surface area contributed by atoms with E-state index in [4.69, 9.17) is 18.9 Å². The molecule has 2 heterocycles. The summed E-state index contributed by atoms with van der Waals surface area (Å²) in [4.78, 5) is 26.3. The first kappa shape index (κ1) is 27.8. The summed E-state index contributed by atoms with van der Waals surface area (Å²) < 4.78 is 21.8. The van der Waals surface area contributed by atoms with Gasteiger partial charge in [-0.15, -0.1) is 0 Å². The van der Waals surface area contributed by atoms with Gasteiger partial charge in [-0.05, 0) is 46.5 Å². The Hall–Kier alpha value is -5.04. The van der Waals surface area contributed by atoms with Gasteiger partial charge in [0.1, 0.15) is 36.9 Å². The molecule has 0 aliphatic carbocycles. The third kappa shape index (κ3) is 6.62. The smallest absolute Gasteiger partial charge is 0.193 e. The first-order chi connectivity index (χ1) is 21.6. The average molecular weight is 583 g/mol. The van der Waals surface area contributed by atoms with Gasteiger partial charge in [-0.3, -0.25) is 9.59 Å². The molecule has 2 aliphatic rings. The molecule has 0 bridgehead atoms. The van der Waals surface area contributed by atoms with E-state index in [2.05, 4.69) is 0 Å². The van der Waals surface area contributed by atoms with Crippen molar-refractivity contribution in [3.63, 3.8) is 0 Å². The van der Waals surface area contributed by atoms with Crippen LogP contribution in [0.15, 0.2) is 121 Å². The molecule has 218 valence electrons. The number of ketones is 2. The van der Waals surface area contributed by atoms with Crippen LogP contribution in [0.2, 0.25) is 0 Å². The van der Waals surface area contributed by atoms with Crippen LogP contribution in [0.4, 0.5) is 0 Å². The summed E-state index contributed by atoms with van der Waals surface area (Å²) in [5, 5.41) is 0. The molecule has 44 heavy (non-hydrogen) atoms. The molecule has 2 aliphatic heterocycles. The third-order valence-electron chi connectivity index (χ3n) is 7.76. The van der Waals surface area contributed by atoms with Crippen molar-refractivity contribution >= 4 is 11.6 Å². The predicted molar refractivity (Wildman–Crippen MR) is 168 cm³/mol. The Balaban J connectivity index is 0.963. The summed E-state index contributed by atoms with van der Waals surface area (Å²) in [5.41, 5.74) is 6.33. The lowest BCUT2D eigenvalue weighted by atomic mass is 9.96. The van der Waals surface area contributed by atoms with E-state index in [0.29, 0.717) is 35.5 Å². The molecule has 0 aromatic heterocycles. The second-order valence-electron chi connectivity index (χ2n) is 11.0. The molecule has 0 N–H and O–H groups in total. The van der Waals surface area contributed by atoms with E-state index in [1.165, 1.54) is 0 Å². The van der Waals surface area contributed by atoms with Crippen LogP contribution in [0.25, 0.3) is 22.3 Å². The number of epoxide rings is 2. The first-order valence-electron chi connectivity index (χ1n) is 14.7. The van der Waals surface area contributed by atoms with Crippen LogP contribution in [-0.2, 0) is 9.47 Å². The van der Waals surface area contributed by atoms with E-state index in [1.54, 1.807) is 24.3 Å². The SMILES string of the molecule is O=C(c1ccc(C(=O)c2ccc(-c3ccc(OCC4CO4)cc3)cc2)cc1)c1ccc(-c2ccc(OCC3CO3)cc2)cc1. The van der Waals surface area contributed by atoms with Gasteiger partial charge in [0.2, 0.25) is 0 Å². The molecule has 2 unspecified atom stereocenters. The molecule has 2 saturated heterocycles. The fraction of sp³-hybridized carbons (Fsp3) is 0.158. The second-order valence-corrected chi connectivity index (χ2v) is 11.0. The Labute approximate surface area is 255 Å². The lowest BCUT2D eigenvalue weighted by Crippen LogP contribution is -2.04. The minimum absolute atomic E-state index is 0.0942. The van der Waals surface area contributed by atoms with Crippen molar-refractivity contribution in [3.8, 4) is 33.8 Å². The van der Waals surface area contributed by atoms with Gasteiger partial charge in [0.25, 0.3) is 0 Å². The maximum Gasteiger partial charge on any atom is 0.193 e. The Bertz CT molecular complexity index is 1610. The number of carbonyl (C=O) groups is 2. The highest BCUT2D eigenvalue weighted by Gasteiger charge is 2.23. The maximum atomic E-state index is 13.2. The average Bonchev–Trinajstić information content (AvgIpc) is 4.03. The highest BCUT2D eigenvalue weighted by atomic mass is 16.6. The summed E-state index contributed by atoms with van der Waals surface area (Å²) in [6, 6.07) is 37.7. The van der Waals surface area contributed by atoms with Crippen LogP contribution >= 0.6 is 0 Å². The number of carbonyl (C=O) groups excluding carboxylic acids is 2. The van der Waals surface area contributed by atoms with Gasteiger partial charge in [0.05, 0.1) is 13.2 Å². The van der Waals surface area contributed by atoms with Crippen molar-refractivity contribution < 1.29 is 28.5 Å². The molecule has 0 amide bonds. The monoisotopic (exact) mass is 582 g/mol. The van der Waals surface area contributed by atoms with E-state index < -0.39 is 0 Å². The van der Waals surface area contributed by atoms with Gasteiger partial charge in [-0.2, -0.15) is 0 Å². The van der Waals surface area contributed by atoms with Crippen molar-refractivity contribution in [2.75, 3.05) is 26.4 Å². The second kappa shape index (κ2) is 12.3. The van der Waals surface area contributed by atoms with Gasteiger partial charge in [-0.1, -0.05) is 97.1 Å². The predicted octanol–water partition coefficient (Wildman–Crippen LogP) is 7.04. The fourth-order valence-corrected chi connectivity index (χ4v) is 4.93. The number of benzene rings is 5.